The molecule has 0 aliphatic carbocycles. The number of aliphatic hydroxyl groups excluding tert-OH is 1. The van der Waals surface area contributed by atoms with Crippen molar-refractivity contribution < 1.29 is 24.2 Å². The normalized spacial score (nSPS) is 15.4. The number of anilines is 2. The van der Waals surface area contributed by atoms with Gasteiger partial charge in [-0.25, -0.2) is 4.79 Å². The molecule has 1 aliphatic heterocycles. The summed E-state index contributed by atoms with van der Waals surface area (Å²) in [5.41, 5.74) is 2.67. The van der Waals surface area contributed by atoms with E-state index in [0.717, 1.165) is 11.1 Å². The average molecular weight is 540 g/mol. The van der Waals surface area contributed by atoms with Gasteiger partial charge in [0.1, 0.15) is 11.6 Å². The van der Waals surface area contributed by atoms with Crippen molar-refractivity contribution >= 4 is 29.3 Å². The van der Waals surface area contributed by atoms with E-state index >= 15 is 0 Å². The molecule has 8 nitrogen and oxygen atoms in total. The van der Waals surface area contributed by atoms with Crippen LogP contribution in [0.3, 0.4) is 0 Å². The van der Waals surface area contributed by atoms with Crippen LogP contribution in [0.25, 0.3) is 0 Å². The molecular formula is C32H33N3O5. The second-order valence-electron chi connectivity index (χ2n) is 10.5. The lowest BCUT2D eigenvalue weighted by molar-refractivity contribution is -0.144. The first-order chi connectivity index (χ1) is 19.1. The number of likely N-dealkylation sites (tertiary alicyclic amines) is 1. The van der Waals surface area contributed by atoms with Crippen LogP contribution in [0.4, 0.5) is 16.2 Å². The third-order valence-electron chi connectivity index (χ3n) is 6.22. The zero-order valence-corrected chi connectivity index (χ0v) is 22.8. The van der Waals surface area contributed by atoms with Gasteiger partial charge >= 0.3 is 6.09 Å². The third-order valence-corrected chi connectivity index (χ3v) is 6.22. The van der Waals surface area contributed by atoms with Gasteiger partial charge in [-0.05, 0) is 87.7 Å². The van der Waals surface area contributed by atoms with Crippen molar-refractivity contribution in [3.8, 4) is 11.8 Å². The molecule has 0 spiro atoms. The highest BCUT2D eigenvalue weighted by atomic mass is 16.6. The zero-order valence-electron chi connectivity index (χ0n) is 22.8. The Kier molecular flexibility index (Phi) is 8.87. The van der Waals surface area contributed by atoms with E-state index in [2.05, 4.69) is 22.5 Å². The number of rotatable bonds is 5. The number of carbonyl (C=O) groups excluding carboxylic acids is 3. The van der Waals surface area contributed by atoms with Crippen LogP contribution < -0.4 is 10.6 Å². The van der Waals surface area contributed by atoms with Crippen LogP contribution in [-0.2, 0) is 14.3 Å². The number of aliphatic hydroxyl groups is 1. The summed E-state index contributed by atoms with van der Waals surface area (Å²) in [5.74, 6) is 5.40. The van der Waals surface area contributed by atoms with Crippen LogP contribution in [0.1, 0.15) is 56.4 Å². The monoisotopic (exact) mass is 539 g/mol. The van der Waals surface area contributed by atoms with E-state index in [-0.39, 0.29) is 5.91 Å². The molecule has 1 saturated heterocycles. The van der Waals surface area contributed by atoms with Gasteiger partial charge in [0.2, 0.25) is 5.91 Å². The molecule has 3 aromatic rings. The van der Waals surface area contributed by atoms with Gasteiger partial charge in [0, 0.05) is 29.0 Å². The lowest BCUT2D eigenvalue weighted by Gasteiger charge is -2.26. The van der Waals surface area contributed by atoms with Crippen LogP contribution in [-0.4, -0.2) is 46.1 Å². The first-order valence-corrected chi connectivity index (χ1v) is 13.2. The Bertz CT molecular complexity index is 1400. The molecule has 1 heterocycles. The van der Waals surface area contributed by atoms with Crippen LogP contribution >= 0.6 is 0 Å². The minimum Gasteiger partial charge on any atom is -0.444 e. The molecule has 0 saturated carbocycles. The van der Waals surface area contributed by atoms with E-state index in [9.17, 15) is 19.5 Å². The Morgan fingerprint density at radius 2 is 1.43 bits per heavy atom. The fourth-order valence-corrected chi connectivity index (χ4v) is 4.30. The number of carbonyl (C=O) groups is 3. The topological polar surface area (TPSA) is 108 Å². The quantitative estimate of drug-likeness (QED) is 0.391. The van der Waals surface area contributed by atoms with Gasteiger partial charge in [-0.2, -0.15) is 0 Å². The Balaban J connectivity index is 1.32. The molecule has 2 atom stereocenters. The minimum atomic E-state index is -1.30. The van der Waals surface area contributed by atoms with E-state index < -0.39 is 29.7 Å². The van der Waals surface area contributed by atoms with Gasteiger partial charge in [0.05, 0.1) is 0 Å². The predicted octanol–water partition coefficient (Wildman–Crippen LogP) is 5.10. The number of ether oxygens (including phenoxy) is 1. The van der Waals surface area contributed by atoms with Crippen molar-refractivity contribution in [1.29, 1.82) is 0 Å². The Labute approximate surface area is 234 Å². The summed E-state index contributed by atoms with van der Waals surface area (Å²) in [4.78, 5) is 39.3. The largest absolute Gasteiger partial charge is 0.444 e. The predicted molar refractivity (Wildman–Crippen MR) is 153 cm³/mol. The molecular weight excluding hydrogens is 506 g/mol. The molecule has 0 radical (unpaired) electrons. The lowest BCUT2D eigenvalue weighted by atomic mass is 10.1. The Morgan fingerprint density at radius 1 is 0.875 bits per heavy atom. The van der Waals surface area contributed by atoms with Crippen molar-refractivity contribution in [1.82, 2.24) is 4.90 Å². The Hall–Kier alpha value is -4.61. The SMILES string of the molecule is CC(C)(C)OC(=O)Nc1ccc(C#Cc2ccc(NC(=O)C3CCCN3C(=O)C(O)c3ccccc3)cc2)cc1. The van der Waals surface area contributed by atoms with Gasteiger partial charge in [-0.15, -0.1) is 0 Å². The highest BCUT2D eigenvalue weighted by Gasteiger charge is 2.37. The first kappa shape index (κ1) is 28.4. The van der Waals surface area contributed by atoms with E-state index in [4.69, 9.17) is 4.74 Å². The van der Waals surface area contributed by atoms with Gasteiger partial charge in [-0.3, -0.25) is 14.9 Å². The maximum atomic E-state index is 13.0. The second kappa shape index (κ2) is 12.5. The summed E-state index contributed by atoms with van der Waals surface area (Å²) in [6, 6.07) is 22.3. The van der Waals surface area contributed by atoms with Gasteiger partial charge in [0.15, 0.2) is 6.10 Å². The maximum Gasteiger partial charge on any atom is 0.412 e. The van der Waals surface area contributed by atoms with Crippen molar-refractivity contribution in [2.24, 2.45) is 0 Å². The first-order valence-electron chi connectivity index (χ1n) is 13.2. The standard InChI is InChI=1S/C32H33N3O5/c1-32(2,3)40-31(39)34-26-19-15-23(16-20-26)12-11-22-13-17-25(18-14-22)33-29(37)27-10-7-21-35(27)30(38)28(36)24-8-5-4-6-9-24/h4-6,8-9,13-20,27-28,36H,7,10,21H2,1-3H3,(H,33,37)(H,34,39). The summed E-state index contributed by atoms with van der Waals surface area (Å²) in [6.45, 7) is 5.83. The average Bonchev–Trinajstić information content (AvgIpc) is 3.42. The van der Waals surface area contributed by atoms with Crippen molar-refractivity contribution in [3.05, 3.63) is 95.6 Å². The molecule has 40 heavy (non-hydrogen) atoms. The molecule has 1 aliphatic rings. The molecule has 4 rings (SSSR count). The molecule has 2 unspecified atom stereocenters. The van der Waals surface area contributed by atoms with Crippen LogP contribution in [0, 0.1) is 11.8 Å². The van der Waals surface area contributed by atoms with Crippen molar-refractivity contribution in [2.75, 3.05) is 17.2 Å². The van der Waals surface area contributed by atoms with Crippen molar-refractivity contribution in [2.45, 2.75) is 51.4 Å². The van der Waals surface area contributed by atoms with Crippen LogP contribution in [0.5, 0.6) is 0 Å². The number of amides is 3. The third kappa shape index (κ3) is 7.71. The summed E-state index contributed by atoms with van der Waals surface area (Å²) < 4.78 is 5.25. The molecule has 0 aromatic heterocycles. The Morgan fingerprint density at radius 3 is 1.98 bits per heavy atom. The smallest absolute Gasteiger partial charge is 0.412 e. The minimum absolute atomic E-state index is 0.287. The molecule has 8 heteroatoms. The summed E-state index contributed by atoms with van der Waals surface area (Å²) in [6.07, 6.45) is -0.590. The fraction of sp³-hybridized carbons (Fsp3) is 0.281. The molecule has 3 aromatic carbocycles. The fourth-order valence-electron chi connectivity index (χ4n) is 4.30. The zero-order chi connectivity index (χ0) is 28.7. The van der Waals surface area contributed by atoms with Crippen molar-refractivity contribution in [3.63, 3.8) is 0 Å². The highest BCUT2D eigenvalue weighted by Crippen LogP contribution is 2.25. The molecule has 1 fully saturated rings. The summed E-state index contributed by atoms with van der Waals surface area (Å²) in [5, 5.41) is 16.1. The van der Waals surface area contributed by atoms with E-state index in [1.165, 1.54) is 4.90 Å². The second-order valence-corrected chi connectivity index (χ2v) is 10.5. The summed E-state index contributed by atoms with van der Waals surface area (Å²) >= 11 is 0. The maximum absolute atomic E-state index is 13.0. The number of benzene rings is 3. The number of hydrogen-bond acceptors (Lipinski definition) is 5. The van der Waals surface area contributed by atoms with E-state index in [1.807, 2.05) is 6.07 Å². The van der Waals surface area contributed by atoms with Gasteiger partial charge in [-0.1, -0.05) is 42.2 Å². The molecule has 0 bridgehead atoms. The van der Waals surface area contributed by atoms with E-state index in [1.54, 1.807) is 93.6 Å². The van der Waals surface area contributed by atoms with Crippen LogP contribution in [0.2, 0.25) is 0 Å². The van der Waals surface area contributed by atoms with Gasteiger partial charge in [0.25, 0.3) is 5.91 Å². The van der Waals surface area contributed by atoms with Gasteiger partial charge < -0.3 is 20.1 Å². The van der Waals surface area contributed by atoms with E-state index in [0.29, 0.717) is 36.3 Å². The molecule has 206 valence electrons. The summed E-state index contributed by atoms with van der Waals surface area (Å²) in [7, 11) is 0. The molecule has 3 N–H and O–H groups in total. The number of nitrogens with zero attached hydrogens (tertiary/aromatic N) is 1. The van der Waals surface area contributed by atoms with Crippen LogP contribution in [0.15, 0.2) is 78.9 Å². The lowest BCUT2D eigenvalue weighted by Crippen LogP contribution is -2.45. The highest BCUT2D eigenvalue weighted by molar-refractivity contribution is 5.98. The number of hydrogen-bond donors (Lipinski definition) is 3. The number of nitrogens with one attached hydrogen (secondary N) is 2. The molecule has 3 amide bonds.